The zero-order chi connectivity index (χ0) is 20.1. The number of nitrogens with one attached hydrogen (secondary N) is 1. The Balaban J connectivity index is 1.51. The van der Waals surface area contributed by atoms with Gasteiger partial charge in [0.15, 0.2) is 0 Å². The molecule has 0 unspecified atom stereocenters. The fourth-order valence-electron chi connectivity index (χ4n) is 3.35. The Morgan fingerprint density at radius 3 is 2.57 bits per heavy atom. The van der Waals surface area contributed by atoms with E-state index in [1.165, 1.54) is 6.20 Å². The van der Waals surface area contributed by atoms with Gasteiger partial charge in [0.25, 0.3) is 5.69 Å². The monoisotopic (exact) mass is 384 g/mol. The molecular weight excluding hydrogens is 360 g/mol. The van der Waals surface area contributed by atoms with Gasteiger partial charge in [-0.1, -0.05) is 12.1 Å². The molecule has 1 N–H and O–H groups in total. The fourth-order valence-corrected chi connectivity index (χ4v) is 3.35. The molecule has 1 amide bonds. The predicted molar refractivity (Wildman–Crippen MR) is 105 cm³/mol. The van der Waals surface area contributed by atoms with E-state index in [0.717, 1.165) is 30.0 Å². The normalized spacial score (nSPS) is 14.6. The third-order valence-electron chi connectivity index (χ3n) is 5.08. The van der Waals surface area contributed by atoms with Crippen LogP contribution in [0.5, 0.6) is 5.75 Å². The Hall–Kier alpha value is -3.16. The van der Waals surface area contributed by atoms with Crippen molar-refractivity contribution in [3.63, 3.8) is 0 Å². The minimum atomic E-state index is -0.425. The number of aromatic nitrogens is 1. The topological polar surface area (TPSA) is 97.6 Å². The molecule has 8 heteroatoms. The molecule has 148 valence electrons. The number of carbonyl (C=O) groups is 1. The van der Waals surface area contributed by atoms with Crippen LogP contribution in [-0.2, 0) is 11.3 Å². The van der Waals surface area contributed by atoms with Crippen molar-refractivity contribution in [2.45, 2.75) is 26.3 Å². The number of carbonyl (C=O) groups excluding carboxylic acids is 1. The molecule has 0 spiro atoms. The Bertz CT molecular complexity index is 846. The first-order valence-electron chi connectivity index (χ1n) is 9.24. The number of benzene rings is 1. The molecule has 1 saturated heterocycles. The minimum absolute atomic E-state index is 0.0246. The van der Waals surface area contributed by atoms with Gasteiger partial charge in [0.1, 0.15) is 17.8 Å². The van der Waals surface area contributed by atoms with Crippen LogP contribution in [0, 0.1) is 23.0 Å². The maximum Gasteiger partial charge on any atom is 0.290 e. The smallest absolute Gasteiger partial charge is 0.290 e. The molecule has 3 rings (SSSR count). The van der Waals surface area contributed by atoms with Gasteiger partial charge >= 0.3 is 0 Å². The Morgan fingerprint density at radius 2 is 2.00 bits per heavy atom. The average molecular weight is 384 g/mol. The van der Waals surface area contributed by atoms with Crippen LogP contribution >= 0.6 is 0 Å². The van der Waals surface area contributed by atoms with Crippen LogP contribution in [0.3, 0.4) is 0 Å². The second-order valence-corrected chi connectivity index (χ2v) is 6.91. The number of rotatable bonds is 6. The molecule has 8 nitrogen and oxygen atoms in total. The second kappa shape index (κ2) is 8.69. The maximum absolute atomic E-state index is 12.5. The first kappa shape index (κ1) is 19.6. The van der Waals surface area contributed by atoms with Crippen LogP contribution in [0.1, 0.15) is 24.0 Å². The summed E-state index contributed by atoms with van der Waals surface area (Å²) >= 11 is 0. The summed E-state index contributed by atoms with van der Waals surface area (Å²) in [6.45, 7) is 3.60. The van der Waals surface area contributed by atoms with E-state index >= 15 is 0 Å². The lowest BCUT2D eigenvalue weighted by Crippen LogP contribution is -2.40. The van der Waals surface area contributed by atoms with Crippen LogP contribution in [0.25, 0.3) is 0 Å². The molecule has 0 atom stereocenters. The molecule has 0 bridgehead atoms. The third kappa shape index (κ3) is 4.57. The van der Waals surface area contributed by atoms with Gasteiger partial charge in [-0.2, -0.15) is 0 Å². The summed E-state index contributed by atoms with van der Waals surface area (Å²) < 4.78 is 5.13. The Labute approximate surface area is 163 Å². The number of anilines is 1. The molecule has 2 aromatic rings. The number of hydrogen-bond acceptors (Lipinski definition) is 6. The molecular formula is C20H24N4O4. The van der Waals surface area contributed by atoms with Gasteiger partial charge in [-0.25, -0.2) is 4.98 Å². The third-order valence-corrected chi connectivity index (χ3v) is 5.08. The number of amides is 1. The number of nitrogens with zero attached hydrogens (tertiary/aromatic N) is 3. The number of nitro groups is 1. The van der Waals surface area contributed by atoms with Crippen LogP contribution in [-0.4, -0.2) is 36.0 Å². The lowest BCUT2D eigenvalue weighted by molar-refractivity contribution is -0.385. The highest BCUT2D eigenvalue weighted by Gasteiger charge is 2.26. The van der Waals surface area contributed by atoms with E-state index in [-0.39, 0.29) is 17.5 Å². The summed E-state index contributed by atoms with van der Waals surface area (Å²) in [5.41, 5.74) is 1.64. The van der Waals surface area contributed by atoms with Crippen molar-refractivity contribution < 1.29 is 14.5 Å². The standard InChI is InChI=1S/C20H24N4O4/c1-14-11-19(21-13-18(14)24(26)27)23-9-7-16(8-10-23)20(25)22-12-15-3-5-17(28-2)6-4-15/h3-6,11,13,16H,7-10,12H2,1-2H3,(H,22,25). The molecule has 28 heavy (non-hydrogen) atoms. The lowest BCUT2D eigenvalue weighted by atomic mass is 9.95. The summed E-state index contributed by atoms with van der Waals surface area (Å²) in [4.78, 5) is 29.3. The summed E-state index contributed by atoms with van der Waals surface area (Å²) in [6.07, 6.45) is 2.76. The zero-order valence-corrected chi connectivity index (χ0v) is 16.1. The number of aryl methyl sites for hydroxylation is 1. The number of piperidine rings is 1. The van der Waals surface area contributed by atoms with E-state index in [0.29, 0.717) is 25.2 Å². The first-order chi connectivity index (χ1) is 13.5. The number of ether oxygens (including phenoxy) is 1. The van der Waals surface area contributed by atoms with Gasteiger partial charge in [-0.3, -0.25) is 14.9 Å². The van der Waals surface area contributed by atoms with Crippen molar-refractivity contribution in [3.05, 3.63) is 57.8 Å². The SMILES string of the molecule is COc1ccc(CNC(=O)C2CCN(c3cc(C)c([N+](=O)[O-])cn3)CC2)cc1. The van der Waals surface area contributed by atoms with E-state index in [9.17, 15) is 14.9 Å². The number of hydrogen-bond donors (Lipinski definition) is 1. The first-order valence-corrected chi connectivity index (χ1v) is 9.24. The van der Waals surface area contributed by atoms with E-state index in [4.69, 9.17) is 4.74 Å². The minimum Gasteiger partial charge on any atom is -0.497 e. The quantitative estimate of drug-likeness (QED) is 0.607. The van der Waals surface area contributed by atoms with Crippen LogP contribution < -0.4 is 15.0 Å². The highest BCUT2D eigenvalue weighted by atomic mass is 16.6. The molecule has 0 aliphatic carbocycles. The average Bonchev–Trinajstić information content (AvgIpc) is 2.72. The summed E-state index contributed by atoms with van der Waals surface area (Å²) in [6, 6.07) is 9.36. The van der Waals surface area contributed by atoms with Crippen molar-refractivity contribution in [2.24, 2.45) is 5.92 Å². The molecule has 1 aromatic carbocycles. The van der Waals surface area contributed by atoms with Crippen LogP contribution in [0.4, 0.5) is 11.5 Å². The highest BCUT2D eigenvalue weighted by molar-refractivity contribution is 5.79. The number of pyridine rings is 1. The highest BCUT2D eigenvalue weighted by Crippen LogP contribution is 2.25. The van der Waals surface area contributed by atoms with Crippen LogP contribution in [0.15, 0.2) is 36.5 Å². The van der Waals surface area contributed by atoms with Gasteiger partial charge in [0, 0.05) is 31.1 Å². The molecule has 1 aromatic heterocycles. The van der Waals surface area contributed by atoms with Crippen molar-refractivity contribution in [1.82, 2.24) is 10.3 Å². The fraction of sp³-hybridized carbons (Fsp3) is 0.400. The predicted octanol–water partition coefficient (Wildman–Crippen LogP) is 2.84. The lowest BCUT2D eigenvalue weighted by Gasteiger charge is -2.32. The van der Waals surface area contributed by atoms with Crippen molar-refractivity contribution in [2.75, 3.05) is 25.1 Å². The van der Waals surface area contributed by atoms with E-state index in [2.05, 4.69) is 15.2 Å². The Kier molecular flexibility index (Phi) is 6.08. The van der Waals surface area contributed by atoms with Crippen molar-refractivity contribution >= 4 is 17.4 Å². The van der Waals surface area contributed by atoms with Gasteiger partial charge in [0.05, 0.1) is 12.0 Å². The molecule has 2 heterocycles. The zero-order valence-electron chi connectivity index (χ0n) is 16.1. The van der Waals surface area contributed by atoms with Gasteiger partial charge < -0.3 is 15.0 Å². The summed E-state index contributed by atoms with van der Waals surface area (Å²) in [5, 5.41) is 13.9. The molecule has 1 aliphatic rings. The van der Waals surface area contributed by atoms with Crippen molar-refractivity contribution in [1.29, 1.82) is 0 Å². The number of methoxy groups -OCH3 is 1. The second-order valence-electron chi connectivity index (χ2n) is 6.91. The largest absolute Gasteiger partial charge is 0.497 e. The molecule has 1 fully saturated rings. The summed E-state index contributed by atoms with van der Waals surface area (Å²) in [7, 11) is 1.62. The maximum atomic E-state index is 12.5. The molecule has 0 radical (unpaired) electrons. The summed E-state index contributed by atoms with van der Waals surface area (Å²) in [5.74, 6) is 1.54. The van der Waals surface area contributed by atoms with Crippen LogP contribution in [0.2, 0.25) is 0 Å². The van der Waals surface area contributed by atoms with Crippen molar-refractivity contribution in [3.8, 4) is 5.75 Å². The van der Waals surface area contributed by atoms with Gasteiger partial charge in [-0.15, -0.1) is 0 Å². The van der Waals surface area contributed by atoms with E-state index in [1.54, 1.807) is 20.1 Å². The van der Waals surface area contributed by atoms with E-state index in [1.807, 2.05) is 24.3 Å². The Morgan fingerprint density at radius 1 is 1.32 bits per heavy atom. The van der Waals surface area contributed by atoms with Gasteiger partial charge in [0.2, 0.25) is 5.91 Å². The molecule has 0 saturated carbocycles. The molecule has 1 aliphatic heterocycles. The van der Waals surface area contributed by atoms with E-state index < -0.39 is 4.92 Å². The van der Waals surface area contributed by atoms with Gasteiger partial charge in [-0.05, 0) is 43.5 Å².